The number of carbonyl (C=O) groups is 1. The lowest BCUT2D eigenvalue weighted by Crippen LogP contribution is -2.16. The molecular weight excluding hydrogens is 282 g/mol. The Morgan fingerprint density at radius 1 is 1.10 bits per heavy atom. The van der Waals surface area contributed by atoms with Crippen molar-refractivity contribution in [3.63, 3.8) is 0 Å². The van der Waals surface area contributed by atoms with Crippen molar-refractivity contribution in [1.82, 2.24) is 0 Å². The second kappa shape index (κ2) is 6.05. The van der Waals surface area contributed by atoms with Crippen LogP contribution in [0.4, 0.5) is 8.78 Å². The van der Waals surface area contributed by atoms with Crippen LogP contribution in [0.2, 0.25) is 0 Å². The van der Waals surface area contributed by atoms with Crippen molar-refractivity contribution in [3.05, 3.63) is 65.7 Å². The number of carboxylic acids is 1. The summed E-state index contributed by atoms with van der Waals surface area (Å²) in [6, 6.07) is 13.6. The van der Waals surface area contributed by atoms with Crippen LogP contribution in [0.25, 0.3) is 0 Å². The molecule has 0 aromatic heterocycles. The maximum atomic E-state index is 14.0. The molecule has 2 aromatic carbocycles. The van der Waals surface area contributed by atoms with Gasteiger partial charge in [0.15, 0.2) is 0 Å². The van der Waals surface area contributed by atoms with Gasteiger partial charge in [-0.3, -0.25) is 0 Å². The number of carboxylic acid groups (broad SMARTS) is 1. The molecule has 5 heteroatoms. The van der Waals surface area contributed by atoms with Crippen LogP contribution in [0, 0.1) is 0 Å². The summed E-state index contributed by atoms with van der Waals surface area (Å²) in [6.45, 7) is 0. The molecular formula is C15H12F2O2S. The van der Waals surface area contributed by atoms with E-state index in [2.05, 4.69) is 0 Å². The molecule has 0 aliphatic carbocycles. The monoisotopic (exact) mass is 294 g/mol. The van der Waals surface area contributed by atoms with Gasteiger partial charge in [0, 0.05) is 10.5 Å². The summed E-state index contributed by atoms with van der Waals surface area (Å²) in [5, 5.41) is 8.86. The predicted molar refractivity (Wildman–Crippen MR) is 74.5 cm³/mol. The van der Waals surface area contributed by atoms with E-state index in [0.29, 0.717) is 4.90 Å². The highest BCUT2D eigenvalue weighted by molar-refractivity contribution is 7.99. The van der Waals surface area contributed by atoms with Crippen LogP contribution in [-0.4, -0.2) is 16.8 Å². The molecule has 0 atom stereocenters. The summed E-state index contributed by atoms with van der Waals surface area (Å²) in [5.41, 5.74) is 0.0555. The average Bonchev–Trinajstić information content (AvgIpc) is 2.46. The Balaban J connectivity index is 2.08. The highest BCUT2D eigenvalue weighted by atomic mass is 32.2. The Hall–Kier alpha value is -1.88. The Morgan fingerprint density at radius 3 is 2.45 bits per heavy atom. The highest BCUT2D eigenvalue weighted by Gasteiger charge is 2.31. The van der Waals surface area contributed by atoms with Gasteiger partial charge in [-0.25, -0.2) is 13.6 Å². The maximum Gasteiger partial charge on any atom is 0.335 e. The van der Waals surface area contributed by atoms with Crippen molar-refractivity contribution >= 4 is 17.7 Å². The summed E-state index contributed by atoms with van der Waals surface area (Å²) in [4.78, 5) is 11.3. The van der Waals surface area contributed by atoms with Crippen LogP contribution in [-0.2, 0) is 5.92 Å². The minimum absolute atomic E-state index is 0.0399. The fourth-order valence-electron chi connectivity index (χ4n) is 1.66. The lowest BCUT2D eigenvalue weighted by atomic mass is 10.1. The van der Waals surface area contributed by atoms with E-state index in [1.807, 2.05) is 0 Å². The van der Waals surface area contributed by atoms with Crippen molar-refractivity contribution < 1.29 is 18.7 Å². The van der Waals surface area contributed by atoms with E-state index in [1.165, 1.54) is 24.3 Å². The third-order valence-corrected chi connectivity index (χ3v) is 3.79. The zero-order chi connectivity index (χ0) is 14.6. The molecule has 0 saturated carbocycles. The molecule has 2 nitrogen and oxygen atoms in total. The Labute approximate surface area is 119 Å². The fourth-order valence-corrected chi connectivity index (χ4v) is 2.56. The van der Waals surface area contributed by atoms with Crippen molar-refractivity contribution in [2.45, 2.75) is 10.8 Å². The van der Waals surface area contributed by atoms with Gasteiger partial charge in [0.1, 0.15) is 0 Å². The van der Waals surface area contributed by atoms with E-state index in [-0.39, 0.29) is 11.1 Å². The molecule has 0 saturated heterocycles. The minimum atomic E-state index is -2.95. The third-order valence-electron chi connectivity index (χ3n) is 2.70. The first-order valence-electron chi connectivity index (χ1n) is 5.88. The number of hydrogen-bond donors (Lipinski definition) is 1. The molecule has 0 heterocycles. The molecule has 0 bridgehead atoms. The Bertz CT molecular complexity index is 600. The molecule has 0 fully saturated rings. The van der Waals surface area contributed by atoms with Crippen LogP contribution >= 0.6 is 11.8 Å². The van der Waals surface area contributed by atoms with Gasteiger partial charge in [-0.15, -0.1) is 11.8 Å². The van der Waals surface area contributed by atoms with Gasteiger partial charge in [0.2, 0.25) is 0 Å². The first-order chi connectivity index (χ1) is 9.49. The van der Waals surface area contributed by atoms with Gasteiger partial charge in [-0.05, 0) is 18.2 Å². The first kappa shape index (κ1) is 14.5. The van der Waals surface area contributed by atoms with E-state index >= 15 is 0 Å². The molecule has 0 unspecified atom stereocenters. The van der Waals surface area contributed by atoms with E-state index in [1.54, 1.807) is 30.3 Å². The fraction of sp³-hybridized carbons (Fsp3) is 0.133. The molecule has 0 amide bonds. The second-order valence-electron chi connectivity index (χ2n) is 4.19. The van der Waals surface area contributed by atoms with Gasteiger partial charge >= 0.3 is 5.97 Å². The molecule has 0 aliphatic heterocycles. The van der Waals surface area contributed by atoms with Gasteiger partial charge in [-0.1, -0.05) is 36.4 Å². The number of halogens is 2. The lowest BCUT2D eigenvalue weighted by Gasteiger charge is -2.16. The number of benzene rings is 2. The molecule has 0 radical (unpaired) electrons. The zero-order valence-electron chi connectivity index (χ0n) is 10.4. The molecule has 104 valence electrons. The summed E-state index contributed by atoms with van der Waals surface area (Å²) < 4.78 is 27.9. The largest absolute Gasteiger partial charge is 0.478 e. The summed E-state index contributed by atoms with van der Waals surface area (Å²) >= 11 is 0.940. The first-order valence-corrected chi connectivity index (χ1v) is 6.87. The molecule has 0 aliphatic rings. The Kier molecular flexibility index (Phi) is 4.39. The average molecular weight is 294 g/mol. The van der Waals surface area contributed by atoms with Crippen LogP contribution < -0.4 is 0 Å². The standard InChI is InChI=1S/C15H12F2O2S/c16-15(17,12-6-2-1-3-7-12)10-20-13-8-4-5-11(9-13)14(18)19/h1-9H,10H2,(H,18,19). The van der Waals surface area contributed by atoms with E-state index in [4.69, 9.17) is 5.11 Å². The minimum Gasteiger partial charge on any atom is -0.478 e. The van der Waals surface area contributed by atoms with Gasteiger partial charge in [0.25, 0.3) is 5.92 Å². The van der Waals surface area contributed by atoms with Crippen LogP contribution in [0.3, 0.4) is 0 Å². The normalized spacial score (nSPS) is 11.3. The molecule has 20 heavy (non-hydrogen) atoms. The predicted octanol–water partition coefficient (Wildman–Crippen LogP) is 4.27. The van der Waals surface area contributed by atoms with Crippen molar-refractivity contribution in [2.24, 2.45) is 0 Å². The van der Waals surface area contributed by atoms with Crippen molar-refractivity contribution in [3.8, 4) is 0 Å². The maximum absolute atomic E-state index is 14.0. The number of rotatable bonds is 5. The summed E-state index contributed by atoms with van der Waals surface area (Å²) in [7, 11) is 0. The van der Waals surface area contributed by atoms with Crippen LogP contribution in [0.15, 0.2) is 59.5 Å². The number of aromatic carboxylic acids is 1. The zero-order valence-corrected chi connectivity index (χ0v) is 11.2. The second-order valence-corrected chi connectivity index (χ2v) is 5.24. The van der Waals surface area contributed by atoms with E-state index in [0.717, 1.165) is 11.8 Å². The van der Waals surface area contributed by atoms with Crippen molar-refractivity contribution in [2.75, 3.05) is 5.75 Å². The topological polar surface area (TPSA) is 37.3 Å². The highest BCUT2D eigenvalue weighted by Crippen LogP contribution is 2.34. The molecule has 2 aromatic rings. The number of alkyl halides is 2. The van der Waals surface area contributed by atoms with E-state index < -0.39 is 17.6 Å². The third kappa shape index (κ3) is 3.57. The summed E-state index contributed by atoms with van der Waals surface area (Å²) in [5.74, 6) is -4.45. The smallest absolute Gasteiger partial charge is 0.335 e. The molecule has 0 spiro atoms. The van der Waals surface area contributed by atoms with Crippen molar-refractivity contribution in [1.29, 1.82) is 0 Å². The summed E-state index contributed by atoms with van der Waals surface area (Å²) in [6.07, 6.45) is 0. The number of hydrogen-bond acceptors (Lipinski definition) is 2. The quantitative estimate of drug-likeness (QED) is 0.837. The Morgan fingerprint density at radius 2 is 1.80 bits per heavy atom. The van der Waals surface area contributed by atoms with Gasteiger partial charge in [0.05, 0.1) is 11.3 Å². The van der Waals surface area contributed by atoms with Crippen LogP contribution in [0.5, 0.6) is 0 Å². The lowest BCUT2D eigenvalue weighted by molar-refractivity contribution is 0.0231. The van der Waals surface area contributed by atoms with E-state index in [9.17, 15) is 13.6 Å². The molecule has 1 N–H and O–H groups in total. The van der Waals surface area contributed by atoms with Gasteiger partial charge in [-0.2, -0.15) is 0 Å². The SMILES string of the molecule is O=C(O)c1cccc(SCC(F)(F)c2ccccc2)c1. The van der Waals surface area contributed by atoms with Crippen LogP contribution in [0.1, 0.15) is 15.9 Å². The number of thioether (sulfide) groups is 1. The molecule has 2 rings (SSSR count). The van der Waals surface area contributed by atoms with Gasteiger partial charge < -0.3 is 5.11 Å².